The molecule has 112 valence electrons. The van der Waals surface area contributed by atoms with Crippen molar-refractivity contribution < 1.29 is 0 Å². The van der Waals surface area contributed by atoms with Crippen LogP contribution < -0.4 is 5.73 Å². The van der Waals surface area contributed by atoms with Crippen molar-refractivity contribution in [2.75, 3.05) is 13.1 Å². The minimum atomic E-state index is 0.219. The Labute approximate surface area is 131 Å². The summed E-state index contributed by atoms with van der Waals surface area (Å²) in [5.41, 5.74) is 8.25. The van der Waals surface area contributed by atoms with E-state index in [0.29, 0.717) is 0 Å². The summed E-state index contributed by atoms with van der Waals surface area (Å²) in [6.07, 6.45) is 6.14. The summed E-state index contributed by atoms with van der Waals surface area (Å²) >= 11 is 3.49. The summed E-state index contributed by atoms with van der Waals surface area (Å²) in [5.74, 6) is 0. The standard InChI is InChI=1S/C17H27BrN2/c1-3-20(4-2)17(11-5-6-12-17)16(19)13-14-7-9-15(18)10-8-14/h7-10,16H,3-6,11-13,19H2,1-2H3. The number of halogens is 1. The highest BCUT2D eigenvalue weighted by atomic mass is 79.9. The van der Waals surface area contributed by atoms with E-state index in [1.54, 1.807) is 0 Å². The Morgan fingerprint density at radius 1 is 1.15 bits per heavy atom. The maximum atomic E-state index is 6.68. The molecule has 1 fully saturated rings. The van der Waals surface area contributed by atoms with Crippen LogP contribution in [0.25, 0.3) is 0 Å². The third-order valence-electron chi connectivity index (χ3n) is 4.92. The predicted octanol–water partition coefficient (Wildman–Crippen LogP) is 3.97. The average Bonchev–Trinajstić information content (AvgIpc) is 2.93. The van der Waals surface area contributed by atoms with Crippen LogP contribution in [0.1, 0.15) is 45.1 Å². The molecule has 0 saturated heterocycles. The summed E-state index contributed by atoms with van der Waals surface area (Å²) < 4.78 is 1.13. The Balaban J connectivity index is 2.14. The fraction of sp³-hybridized carbons (Fsp3) is 0.647. The summed E-state index contributed by atoms with van der Waals surface area (Å²) in [7, 11) is 0. The van der Waals surface area contributed by atoms with Gasteiger partial charge in [-0.05, 0) is 50.0 Å². The largest absolute Gasteiger partial charge is 0.326 e. The van der Waals surface area contributed by atoms with Gasteiger partial charge in [-0.15, -0.1) is 0 Å². The van der Waals surface area contributed by atoms with Gasteiger partial charge in [0.05, 0.1) is 0 Å². The lowest BCUT2D eigenvalue weighted by molar-refractivity contribution is 0.0772. The lowest BCUT2D eigenvalue weighted by Crippen LogP contribution is -2.59. The van der Waals surface area contributed by atoms with Crippen LogP contribution in [-0.4, -0.2) is 29.6 Å². The molecule has 1 saturated carbocycles. The monoisotopic (exact) mass is 338 g/mol. The Kier molecular flexibility index (Phi) is 5.65. The molecule has 0 radical (unpaired) electrons. The molecular formula is C17H27BrN2. The Morgan fingerprint density at radius 2 is 1.70 bits per heavy atom. The van der Waals surface area contributed by atoms with Crippen LogP contribution in [0, 0.1) is 0 Å². The van der Waals surface area contributed by atoms with Gasteiger partial charge in [0.2, 0.25) is 0 Å². The number of nitrogens with two attached hydrogens (primary N) is 1. The summed E-state index contributed by atoms with van der Waals surface area (Å²) in [4.78, 5) is 2.60. The molecule has 1 aliphatic rings. The third-order valence-corrected chi connectivity index (χ3v) is 5.45. The van der Waals surface area contributed by atoms with Gasteiger partial charge in [0, 0.05) is 16.1 Å². The first kappa shape index (κ1) is 16.0. The Bertz CT molecular complexity index is 406. The predicted molar refractivity (Wildman–Crippen MR) is 89.9 cm³/mol. The van der Waals surface area contributed by atoms with Crippen molar-refractivity contribution in [3.05, 3.63) is 34.3 Å². The summed E-state index contributed by atoms with van der Waals surface area (Å²) in [5, 5.41) is 0. The van der Waals surface area contributed by atoms with Gasteiger partial charge in [-0.25, -0.2) is 0 Å². The van der Waals surface area contributed by atoms with E-state index in [0.717, 1.165) is 24.0 Å². The first-order valence-electron chi connectivity index (χ1n) is 7.87. The highest BCUT2D eigenvalue weighted by Crippen LogP contribution is 2.38. The SMILES string of the molecule is CCN(CC)C1(C(N)Cc2ccc(Br)cc2)CCCC1. The molecular weight excluding hydrogens is 312 g/mol. The van der Waals surface area contributed by atoms with E-state index in [1.165, 1.54) is 31.2 Å². The maximum absolute atomic E-state index is 6.68. The highest BCUT2D eigenvalue weighted by molar-refractivity contribution is 9.10. The van der Waals surface area contributed by atoms with Crippen LogP contribution in [0.5, 0.6) is 0 Å². The van der Waals surface area contributed by atoms with Crippen molar-refractivity contribution >= 4 is 15.9 Å². The molecule has 0 bridgehead atoms. The topological polar surface area (TPSA) is 29.3 Å². The Hall–Kier alpha value is -0.380. The number of rotatable bonds is 6. The number of nitrogens with zero attached hydrogens (tertiary/aromatic N) is 1. The van der Waals surface area contributed by atoms with Crippen LogP contribution in [0.2, 0.25) is 0 Å². The Morgan fingerprint density at radius 3 is 2.20 bits per heavy atom. The highest BCUT2D eigenvalue weighted by Gasteiger charge is 2.43. The van der Waals surface area contributed by atoms with Crippen LogP contribution in [-0.2, 0) is 6.42 Å². The van der Waals surface area contributed by atoms with Gasteiger partial charge < -0.3 is 5.73 Å². The smallest absolute Gasteiger partial charge is 0.0363 e. The van der Waals surface area contributed by atoms with Crippen LogP contribution >= 0.6 is 15.9 Å². The molecule has 2 nitrogen and oxygen atoms in total. The lowest BCUT2D eigenvalue weighted by Gasteiger charge is -2.45. The molecule has 0 heterocycles. The van der Waals surface area contributed by atoms with Crippen LogP contribution in [0.15, 0.2) is 28.7 Å². The lowest BCUT2D eigenvalue weighted by atomic mass is 9.83. The second-order valence-corrected chi connectivity index (χ2v) is 6.84. The van der Waals surface area contributed by atoms with Crippen LogP contribution in [0.4, 0.5) is 0 Å². The van der Waals surface area contributed by atoms with Gasteiger partial charge in [0.1, 0.15) is 0 Å². The number of hydrogen-bond acceptors (Lipinski definition) is 2. The van der Waals surface area contributed by atoms with E-state index in [1.807, 2.05) is 0 Å². The van der Waals surface area contributed by atoms with Gasteiger partial charge in [0.25, 0.3) is 0 Å². The van der Waals surface area contributed by atoms with Crippen molar-refractivity contribution in [1.29, 1.82) is 0 Å². The quantitative estimate of drug-likeness (QED) is 0.850. The number of hydrogen-bond donors (Lipinski definition) is 1. The molecule has 2 rings (SSSR count). The van der Waals surface area contributed by atoms with Gasteiger partial charge in [0.15, 0.2) is 0 Å². The minimum Gasteiger partial charge on any atom is -0.326 e. The fourth-order valence-corrected chi connectivity index (χ4v) is 4.09. The first-order chi connectivity index (χ1) is 9.62. The average molecular weight is 339 g/mol. The number of benzene rings is 1. The van der Waals surface area contributed by atoms with E-state index >= 15 is 0 Å². The molecule has 2 N–H and O–H groups in total. The molecule has 1 aliphatic carbocycles. The molecule has 0 aromatic heterocycles. The van der Waals surface area contributed by atoms with Crippen molar-refractivity contribution in [3.63, 3.8) is 0 Å². The zero-order valence-corrected chi connectivity index (χ0v) is 14.3. The van der Waals surface area contributed by atoms with E-state index < -0.39 is 0 Å². The van der Waals surface area contributed by atoms with E-state index in [9.17, 15) is 0 Å². The van der Waals surface area contributed by atoms with Crippen LogP contribution in [0.3, 0.4) is 0 Å². The van der Waals surface area contributed by atoms with Gasteiger partial charge in [-0.3, -0.25) is 4.90 Å². The molecule has 1 unspecified atom stereocenters. The normalized spacial score (nSPS) is 19.4. The zero-order valence-electron chi connectivity index (χ0n) is 12.7. The molecule has 1 aromatic rings. The van der Waals surface area contributed by atoms with E-state index in [2.05, 4.69) is 58.9 Å². The first-order valence-corrected chi connectivity index (χ1v) is 8.66. The molecule has 3 heteroatoms. The second kappa shape index (κ2) is 7.06. The fourth-order valence-electron chi connectivity index (χ4n) is 3.83. The van der Waals surface area contributed by atoms with E-state index in [-0.39, 0.29) is 11.6 Å². The minimum absolute atomic E-state index is 0.219. The molecule has 20 heavy (non-hydrogen) atoms. The molecule has 1 aromatic carbocycles. The summed E-state index contributed by atoms with van der Waals surface area (Å²) in [6.45, 7) is 6.72. The van der Waals surface area contributed by atoms with Crippen molar-refractivity contribution in [3.8, 4) is 0 Å². The van der Waals surface area contributed by atoms with Crippen molar-refractivity contribution in [1.82, 2.24) is 4.90 Å². The second-order valence-electron chi connectivity index (χ2n) is 5.92. The summed E-state index contributed by atoms with van der Waals surface area (Å²) in [6, 6.07) is 8.83. The third kappa shape index (κ3) is 3.26. The molecule has 0 spiro atoms. The van der Waals surface area contributed by atoms with Gasteiger partial charge >= 0.3 is 0 Å². The molecule has 0 aliphatic heterocycles. The van der Waals surface area contributed by atoms with E-state index in [4.69, 9.17) is 5.73 Å². The molecule has 1 atom stereocenters. The molecule has 0 amide bonds. The van der Waals surface area contributed by atoms with Gasteiger partial charge in [-0.2, -0.15) is 0 Å². The number of likely N-dealkylation sites (N-methyl/N-ethyl adjacent to an activating group) is 1. The van der Waals surface area contributed by atoms with Crippen molar-refractivity contribution in [2.24, 2.45) is 5.73 Å². The van der Waals surface area contributed by atoms with Gasteiger partial charge in [-0.1, -0.05) is 54.8 Å². The zero-order chi connectivity index (χ0) is 14.6. The van der Waals surface area contributed by atoms with Crippen molar-refractivity contribution in [2.45, 2.75) is 57.5 Å². The maximum Gasteiger partial charge on any atom is 0.0363 e.